The molecule has 1 amide bonds. The van der Waals surface area contributed by atoms with E-state index in [2.05, 4.69) is 32.2 Å². The number of carbonyl (C=O) groups is 1. The number of fused-ring (bicyclic) bond motifs is 1. The third kappa shape index (κ3) is 2.50. The molecule has 6 nitrogen and oxygen atoms in total. The molecule has 0 aliphatic heterocycles. The number of hydrogen-bond acceptors (Lipinski definition) is 6. The lowest BCUT2D eigenvalue weighted by atomic mass is 9.94. The Morgan fingerprint density at radius 2 is 2.30 bits per heavy atom. The fourth-order valence-corrected chi connectivity index (χ4v) is 3.38. The monoisotopic (exact) mass is 289 g/mol. The van der Waals surface area contributed by atoms with Gasteiger partial charge in [-0.3, -0.25) is 4.79 Å². The molecule has 0 aromatic carbocycles. The Morgan fingerprint density at radius 3 is 3.05 bits per heavy atom. The Bertz CT molecular complexity index is 609. The Morgan fingerprint density at radius 1 is 1.40 bits per heavy atom. The van der Waals surface area contributed by atoms with E-state index < -0.39 is 0 Å². The molecule has 4 N–H and O–H groups in total. The van der Waals surface area contributed by atoms with Gasteiger partial charge in [0.15, 0.2) is 5.82 Å². The number of nitrogen functional groups attached to an aromatic ring is 1. The number of carbonyl (C=O) groups excluding carboxylic acids is 1. The summed E-state index contributed by atoms with van der Waals surface area (Å²) in [6, 6.07) is 2.17. The van der Waals surface area contributed by atoms with Crippen LogP contribution in [-0.4, -0.2) is 15.9 Å². The Balaban J connectivity index is 1.73. The van der Waals surface area contributed by atoms with Gasteiger partial charge in [-0.05, 0) is 36.3 Å². The molecule has 104 valence electrons. The first kappa shape index (κ1) is 13.0. The van der Waals surface area contributed by atoms with Crippen molar-refractivity contribution >= 4 is 23.1 Å². The lowest BCUT2D eigenvalue weighted by Gasteiger charge is -2.23. The summed E-state index contributed by atoms with van der Waals surface area (Å²) < 4.78 is 0. The largest absolute Gasteiger partial charge is 0.344 e. The molecule has 1 aliphatic carbocycles. The number of nitrogens with zero attached hydrogens (tertiary/aromatic N) is 2. The molecule has 7 heteroatoms. The zero-order valence-corrected chi connectivity index (χ0v) is 11.6. The second-order valence-corrected chi connectivity index (χ2v) is 5.65. The van der Waals surface area contributed by atoms with E-state index in [4.69, 9.17) is 5.84 Å². The van der Waals surface area contributed by atoms with Gasteiger partial charge >= 0.3 is 0 Å². The molecule has 2 heterocycles. The summed E-state index contributed by atoms with van der Waals surface area (Å²) in [5.41, 5.74) is 3.92. The average molecular weight is 289 g/mol. The van der Waals surface area contributed by atoms with Crippen LogP contribution in [0, 0.1) is 0 Å². The number of thiophene rings is 1. The fraction of sp³-hybridized carbons (Fsp3) is 0.308. The first-order chi connectivity index (χ1) is 9.78. The van der Waals surface area contributed by atoms with Crippen molar-refractivity contribution in [2.75, 3.05) is 5.43 Å². The van der Waals surface area contributed by atoms with Gasteiger partial charge in [0.1, 0.15) is 5.69 Å². The topological polar surface area (TPSA) is 92.9 Å². The first-order valence-corrected chi connectivity index (χ1v) is 7.31. The highest BCUT2D eigenvalue weighted by atomic mass is 32.1. The Kier molecular flexibility index (Phi) is 3.62. The predicted octanol–water partition coefficient (Wildman–Crippen LogP) is 1.63. The molecule has 0 radical (unpaired) electrons. The van der Waals surface area contributed by atoms with Crippen molar-refractivity contribution in [1.82, 2.24) is 15.3 Å². The maximum atomic E-state index is 12.2. The molecule has 0 saturated heterocycles. The number of hydrogen-bond donors (Lipinski definition) is 3. The fourth-order valence-electron chi connectivity index (χ4n) is 2.39. The minimum Gasteiger partial charge on any atom is -0.344 e. The van der Waals surface area contributed by atoms with Gasteiger partial charge in [-0.15, -0.1) is 11.3 Å². The van der Waals surface area contributed by atoms with Crippen LogP contribution in [0.3, 0.4) is 0 Å². The number of hydrazine groups is 1. The van der Waals surface area contributed by atoms with Crippen molar-refractivity contribution in [1.29, 1.82) is 0 Å². The quantitative estimate of drug-likeness (QED) is 0.590. The molecule has 0 bridgehead atoms. The summed E-state index contributed by atoms with van der Waals surface area (Å²) in [4.78, 5) is 21.6. The molecule has 3 rings (SSSR count). The summed E-state index contributed by atoms with van der Waals surface area (Å²) >= 11 is 1.76. The van der Waals surface area contributed by atoms with Gasteiger partial charge < -0.3 is 10.7 Å². The van der Waals surface area contributed by atoms with Gasteiger partial charge in [-0.25, -0.2) is 15.8 Å². The number of aromatic nitrogens is 2. The van der Waals surface area contributed by atoms with Crippen molar-refractivity contribution in [3.63, 3.8) is 0 Å². The minimum absolute atomic E-state index is 0.0756. The van der Waals surface area contributed by atoms with Crippen molar-refractivity contribution in [2.24, 2.45) is 5.84 Å². The molecular weight excluding hydrogens is 274 g/mol. The average Bonchev–Trinajstić information content (AvgIpc) is 2.97. The summed E-state index contributed by atoms with van der Waals surface area (Å²) in [6.07, 6.45) is 6.02. The first-order valence-electron chi connectivity index (χ1n) is 6.43. The number of nitrogens with one attached hydrogen (secondary N) is 2. The number of nitrogens with two attached hydrogens (primary N) is 1. The Hall–Kier alpha value is -1.99. The lowest BCUT2D eigenvalue weighted by molar-refractivity contribution is 0.0927. The minimum atomic E-state index is -0.204. The maximum Gasteiger partial charge on any atom is 0.271 e. The smallest absolute Gasteiger partial charge is 0.271 e. The highest BCUT2D eigenvalue weighted by Crippen LogP contribution is 2.33. The zero-order chi connectivity index (χ0) is 13.9. The van der Waals surface area contributed by atoms with Crippen molar-refractivity contribution in [2.45, 2.75) is 25.3 Å². The number of rotatable bonds is 3. The number of anilines is 1. The van der Waals surface area contributed by atoms with Gasteiger partial charge in [-0.2, -0.15) is 0 Å². The molecule has 1 aliphatic rings. The lowest BCUT2D eigenvalue weighted by Crippen LogP contribution is -2.31. The summed E-state index contributed by atoms with van der Waals surface area (Å²) in [5.74, 6) is 5.44. The second-order valence-electron chi connectivity index (χ2n) is 4.65. The molecule has 0 saturated carbocycles. The normalized spacial score (nSPS) is 17.4. The standard InChI is InChI=1S/C13H15N5OS/c14-18-12-7-15-10(6-16-12)13(19)17-9-2-1-3-11-8(9)4-5-20-11/h4-7,9H,1-3,14H2,(H,16,18)(H,17,19). The Labute approximate surface area is 120 Å². The van der Waals surface area contributed by atoms with Crippen LogP contribution in [0.2, 0.25) is 0 Å². The van der Waals surface area contributed by atoms with Gasteiger partial charge in [0, 0.05) is 4.88 Å². The molecule has 1 unspecified atom stereocenters. The highest BCUT2D eigenvalue weighted by molar-refractivity contribution is 7.10. The van der Waals surface area contributed by atoms with Crippen LogP contribution in [0.1, 0.15) is 39.8 Å². The number of aryl methyl sites for hydroxylation is 1. The van der Waals surface area contributed by atoms with Gasteiger partial charge in [0.25, 0.3) is 5.91 Å². The van der Waals surface area contributed by atoms with E-state index in [0.717, 1.165) is 19.3 Å². The maximum absolute atomic E-state index is 12.2. The van der Waals surface area contributed by atoms with Crippen LogP contribution in [0.4, 0.5) is 5.82 Å². The zero-order valence-electron chi connectivity index (χ0n) is 10.8. The summed E-state index contributed by atoms with van der Waals surface area (Å²) in [5, 5.41) is 5.11. The van der Waals surface area contributed by atoms with E-state index in [1.54, 1.807) is 11.3 Å². The third-order valence-corrected chi connectivity index (χ3v) is 4.39. The van der Waals surface area contributed by atoms with Crippen molar-refractivity contribution < 1.29 is 4.79 Å². The van der Waals surface area contributed by atoms with Gasteiger partial charge in [0.05, 0.1) is 18.4 Å². The number of amides is 1. The van der Waals surface area contributed by atoms with E-state index in [1.807, 2.05) is 0 Å². The molecule has 2 aromatic rings. The van der Waals surface area contributed by atoms with Crippen molar-refractivity contribution in [3.05, 3.63) is 40.0 Å². The van der Waals surface area contributed by atoms with Crippen molar-refractivity contribution in [3.8, 4) is 0 Å². The molecule has 0 fully saturated rings. The SMILES string of the molecule is NNc1cnc(C(=O)NC2CCCc3sccc32)cn1. The van der Waals surface area contributed by atoms with E-state index >= 15 is 0 Å². The van der Waals surface area contributed by atoms with Crippen LogP contribution in [-0.2, 0) is 6.42 Å². The van der Waals surface area contributed by atoms with Crippen LogP contribution in [0.25, 0.3) is 0 Å². The molecule has 2 aromatic heterocycles. The molecule has 0 spiro atoms. The van der Waals surface area contributed by atoms with Crippen LogP contribution >= 0.6 is 11.3 Å². The summed E-state index contributed by atoms with van der Waals surface area (Å²) in [7, 11) is 0. The van der Waals surface area contributed by atoms with Crippen LogP contribution in [0.15, 0.2) is 23.8 Å². The third-order valence-electron chi connectivity index (χ3n) is 3.39. The predicted molar refractivity (Wildman–Crippen MR) is 77.3 cm³/mol. The van der Waals surface area contributed by atoms with Crippen LogP contribution in [0.5, 0.6) is 0 Å². The van der Waals surface area contributed by atoms with Gasteiger partial charge in [-0.1, -0.05) is 0 Å². The van der Waals surface area contributed by atoms with E-state index in [9.17, 15) is 4.79 Å². The van der Waals surface area contributed by atoms with E-state index in [-0.39, 0.29) is 11.9 Å². The highest BCUT2D eigenvalue weighted by Gasteiger charge is 2.23. The second kappa shape index (κ2) is 5.56. The molecule has 1 atom stereocenters. The van der Waals surface area contributed by atoms with E-state index in [1.165, 1.54) is 22.8 Å². The van der Waals surface area contributed by atoms with E-state index in [0.29, 0.717) is 11.5 Å². The van der Waals surface area contributed by atoms with Gasteiger partial charge in [0.2, 0.25) is 0 Å². The molecular formula is C13H15N5OS. The van der Waals surface area contributed by atoms with Crippen LogP contribution < -0.4 is 16.6 Å². The summed E-state index contributed by atoms with van der Waals surface area (Å²) in [6.45, 7) is 0. The molecule has 20 heavy (non-hydrogen) atoms.